The molecule has 0 radical (unpaired) electrons. The highest BCUT2D eigenvalue weighted by atomic mass is 32.1. The van der Waals surface area contributed by atoms with Gasteiger partial charge in [-0.3, -0.25) is 4.90 Å². The average molecular weight is 363 g/mol. The van der Waals surface area contributed by atoms with Gasteiger partial charge in [-0.2, -0.15) is 13.2 Å². The maximum absolute atomic E-state index is 12.4. The van der Waals surface area contributed by atoms with Gasteiger partial charge in [-0.15, -0.1) is 11.3 Å². The van der Waals surface area contributed by atoms with Crippen molar-refractivity contribution in [3.8, 4) is 0 Å². The molecule has 5 nitrogen and oxygen atoms in total. The fourth-order valence-electron chi connectivity index (χ4n) is 2.68. The summed E-state index contributed by atoms with van der Waals surface area (Å²) in [7, 11) is 0. The van der Waals surface area contributed by atoms with E-state index in [9.17, 15) is 13.2 Å². The van der Waals surface area contributed by atoms with Crippen molar-refractivity contribution in [2.45, 2.75) is 33.0 Å². The third kappa shape index (κ3) is 6.64. The van der Waals surface area contributed by atoms with Gasteiger partial charge in [-0.05, 0) is 32.7 Å². The monoisotopic (exact) mass is 363 g/mol. The van der Waals surface area contributed by atoms with Crippen molar-refractivity contribution in [2.24, 2.45) is 10.9 Å². The van der Waals surface area contributed by atoms with Gasteiger partial charge in [0, 0.05) is 30.7 Å². The second-order valence-corrected chi connectivity index (χ2v) is 7.27. The number of aryl methyl sites for hydroxylation is 1. The minimum atomic E-state index is -4.12. The van der Waals surface area contributed by atoms with Crippen LogP contribution in [0.3, 0.4) is 0 Å². The highest BCUT2D eigenvalue weighted by Gasteiger charge is 2.34. The van der Waals surface area contributed by atoms with Crippen molar-refractivity contribution >= 4 is 17.3 Å². The minimum absolute atomic E-state index is 0.207. The van der Waals surface area contributed by atoms with Crippen LogP contribution >= 0.6 is 11.3 Å². The zero-order chi connectivity index (χ0) is 17.6. The van der Waals surface area contributed by atoms with E-state index >= 15 is 0 Å². The van der Waals surface area contributed by atoms with Crippen LogP contribution in [0.1, 0.15) is 23.2 Å². The first kappa shape index (κ1) is 19.0. The molecule has 2 rings (SSSR count). The SMILES string of the molecule is CCNC(=NCc1ncc(C)s1)NCC1CCN(CC(F)(F)F)C1. The number of alkyl halides is 3. The molecule has 0 aliphatic carbocycles. The summed E-state index contributed by atoms with van der Waals surface area (Å²) < 4.78 is 37.3. The van der Waals surface area contributed by atoms with E-state index in [1.54, 1.807) is 11.3 Å². The molecule has 0 bridgehead atoms. The molecule has 0 saturated carbocycles. The summed E-state index contributed by atoms with van der Waals surface area (Å²) in [5.74, 6) is 0.887. The standard InChI is InChI=1S/C15H24F3N5S/c1-3-19-14(22-8-13-20-6-11(2)24-13)21-7-12-4-5-23(9-12)10-15(16,17)18/h6,12H,3-5,7-10H2,1-2H3,(H2,19,21,22). The van der Waals surface area contributed by atoms with Crippen LogP contribution < -0.4 is 10.6 Å². The zero-order valence-electron chi connectivity index (χ0n) is 14.0. The third-order valence-electron chi connectivity index (χ3n) is 3.72. The minimum Gasteiger partial charge on any atom is -0.357 e. The summed E-state index contributed by atoms with van der Waals surface area (Å²) in [6.45, 7) is 5.98. The lowest BCUT2D eigenvalue weighted by molar-refractivity contribution is -0.143. The van der Waals surface area contributed by atoms with Crippen molar-refractivity contribution in [2.75, 3.05) is 32.7 Å². The molecular formula is C15H24F3N5S. The van der Waals surface area contributed by atoms with Crippen LogP contribution in [0.25, 0.3) is 0 Å². The number of thiazole rings is 1. The van der Waals surface area contributed by atoms with Crippen LogP contribution in [0, 0.1) is 12.8 Å². The van der Waals surface area contributed by atoms with Gasteiger partial charge in [-0.25, -0.2) is 9.98 Å². The van der Waals surface area contributed by atoms with Crippen molar-refractivity contribution < 1.29 is 13.2 Å². The Bertz CT molecular complexity index is 543. The van der Waals surface area contributed by atoms with Crippen LogP contribution in [0.5, 0.6) is 0 Å². The molecule has 9 heteroatoms. The number of aliphatic imine (C=N–C) groups is 1. The van der Waals surface area contributed by atoms with Crippen molar-refractivity contribution in [1.82, 2.24) is 20.5 Å². The Labute approximate surface area is 144 Å². The van der Waals surface area contributed by atoms with Gasteiger partial charge < -0.3 is 10.6 Å². The fraction of sp³-hybridized carbons (Fsp3) is 0.733. The summed E-state index contributed by atoms with van der Waals surface area (Å²) in [5, 5.41) is 7.33. The van der Waals surface area contributed by atoms with E-state index < -0.39 is 12.7 Å². The zero-order valence-corrected chi connectivity index (χ0v) is 14.8. The quantitative estimate of drug-likeness (QED) is 0.602. The number of aromatic nitrogens is 1. The van der Waals surface area contributed by atoms with Crippen LogP contribution in [0.15, 0.2) is 11.2 Å². The highest BCUT2D eigenvalue weighted by molar-refractivity contribution is 7.11. The molecular weight excluding hydrogens is 339 g/mol. The van der Waals surface area contributed by atoms with Crippen molar-refractivity contribution in [3.63, 3.8) is 0 Å². The molecule has 0 amide bonds. The Morgan fingerprint density at radius 1 is 1.46 bits per heavy atom. The molecule has 1 aliphatic rings. The van der Waals surface area contributed by atoms with Gasteiger partial charge in [0.1, 0.15) is 5.01 Å². The molecule has 1 aromatic heterocycles. The average Bonchev–Trinajstić information content (AvgIpc) is 3.09. The summed E-state index contributed by atoms with van der Waals surface area (Å²) in [5.41, 5.74) is 0. The lowest BCUT2D eigenvalue weighted by Crippen LogP contribution is -2.40. The predicted molar refractivity (Wildman–Crippen MR) is 90.3 cm³/mol. The van der Waals surface area contributed by atoms with E-state index in [4.69, 9.17) is 0 Å². The largest absolute Gasteiger partial charge is 0.401 e. The smallest absolute Gasteiger partial charge is 0.357 e. The number of hydrogen-bond donors (Lipinski definition) is 2. The van der Waals surface area contributed by atoms with Crippen molar-refractivity contribution in [3.05, 3.63) is 16.1 Å². The molecule has 0 aromatic carbocycles. The second-order valence-electron chi connectivity index (χ2n) is 5.95. The van der Waals surface area contributed by atoms with Crippen molar-refractivity contribution in [1.29, 1.82) is 0 Å². The van der Waals surface area contributed by atoms with Gasteiger partial charge in [0.25, 0.3) is 0 Å². The first-order valence-corrected chi connectivity index (χ1v) is 8.90. The summed E-state index contributed by atoms with van der Waals surface area (Å²) in [6.07, 6.45) is -1.53. The molecule has 24 heavy (non-hydrogen) atoms. The fourth-order valence-corrected chi connectivity index (χ4v) is 3.39. The normalized spacial score (nSPS) is 19.7. The Balaban J connectivity index is 1.79. The molecule has 0 spiro atoms. The Morgan fingerprint density at radius 2 is 2.25 bits per heavy atom. The number of halogens is 3. The molecule has 2 N–H and O–H groups in total. The first-order chi connectivity index (χ1) is 11.4. The van der Waals surface area contributed by atoms with E-state index in [0.29, 0.717) is 32.1 Å². The van der Waals surface area contributed by atoms with Crippen LogP contribution in [-0.2, 0) is 6.54 Å². The Hall–Kier alpha value is -1.35. The van der Waals surface area contributed by atoms with E-state index in [1.165, 1.54) is 4.90 Å². The molecule has 2 heterocycles. The number of guanidine groups is 1. The Morgan fingerprint density at radius 3 is 2.88 bits per heavy atom. The molecule has 1 aromatic rings. The van der Waals surface area contributed by atoms with Crippen LogP contribution in [-0.4, -0.2) is 54.7 Å². The van der Waals surface area contributed by atoms with Gasteiger partial charge >= 0.3 is 6.18 Å². The summed E-state index contributed by atoms with van der Waals surface area (Å²) in [6, 6.07) is 0. The van der Waals surface area contributed by atoms with Gasteiger partial charge in [0.2, 0.25) is 0 Å². The highest BCUT2D eigenvalue weighted by Crippen LogP contribution is 2.22. The first-order valence-electron chi connectivity index (χ1n) is 8.08. The topological polar surface area (TPSA) is 52.6 Å². The molecule has 1 saturated heterocycles. The third-order valence-corrected chi connectivity index (χ3v) is 4.61. The summed E-state index contributed by atoms with van der Waals surface area (Å²) in [4.78, 5) is 11.4. The Kier molecular flexibility index (Phi) is 6.85. The van der Waals surface area contributed by atoms with Crippen LogP contribution in [0.4, 0.5) is 13.2 Å². The second kappa shape index (κ2) is 8.66. The summed E-state index contributed by atoms with van der Waals surface area (Å²) >= 11 is 1.61. The number of rotatable bonds is 6. The van der Waals surface area contributed by atoms with E-state index in [-0.39, 0.29) is 5.92 Å². The lowest BCUT2D eigenvalue weighted by Gasteiger charge is -2.18. The maximum atomic E-state index is 12.4. The molecule has 1 aliphatic heterocycles. The number of nitrogens with zero attached hydrogens (tertiary/aromatic N) is 3. The number of hydrogen-bond acceptors (Lipinski definition) is 4. The molecule has 136 valence electrons. The van der Waals surface area contributed by atoms with Crippen LogP contribution in [0.2, 0.25) is 0 Å². The van der Waals surface area contributed by atoms with E-state index in [2.05, 4.69) is 20.6 Å². The number of nitrogens with one attached hydrogen (secondary N) is 2. The lowest BCUT2D eigenvalue weighted by atomic mass is 10.1. The maximum Gasteiger partial charge on any atom is 0.401 e. The van der Waals surface area contributed by atoms with Gasteiger partial charge in [-0.1, -0.05) is 0 Å². The predicted octanol–water partition coefficient (Wildman–Crippen LogP) is 2.39. The molecule has 1 fully saturated rings. The van der Waals surface area contributed by atoms with E-state index in [0.717, 1.165) is 22.9 Å². The van der Waals surface area contributed by atoms with Gasteiger partial charge in [0.05, 0.1) is 13.1 Å². The number of likely N-dealkylation sites (tertiary alicyclic amines) is 1. The van der Waals surface area contributed by atoms with Gasteiger partial charge in [0.15, 0.2) is 5.96 Å². The van der Waals surface area contributed by atoms with E-state index in [1.807, 2.05) is 20.0 Å². The molecule has 1 unspecified atom stereocenters. The molecule has 1 atom stereocenters.